The van der Waals surface area contributed by atoms with E-state index in [9.17, 15) is 9.59 Å². The third kappa shape index (κ3) is 9.58. The van der Waals surface area contributed by atoms with Gasteiger partial charge in [0.25, 0.3) is 5.91 Å². The zero-order valence-electron chi connectivity index (χ0n) is 28.2. The summed E-state index contributed by atoms with van der Waals surface area (Å²) in [6.45, 7) is 6.27. The van der Waals surface area contributed by atoms with Gasteiger partial charge in [0.15, 0.2) is 11.6 Å². The first-order valence-corrected chi connectivity index (χ1v) is 17.4. The summed E-state index contributed by atoms with van der Waals surface area (Å²) >= 11 is 3.47. The number of esters is 1. The second-order valence-electron chi connectivity index (χ2n) is 13.0. The van der Waals surface area contributed by atoms with Crippen LogP contribution < -0.4 is 10.1 Å². The van der Waals surface area contributed by atoms with Crippen molar-refractivity contribution in [1.29, 1.82) is 0 Å². The molecule has 0 bridgehead atoms. The van der Waals surface area contributed by atoms with Crippen molar-refractivity contribution in [1.82, 2.24) is 5.32 Å². The number of ether oxygens (including phenoxy) is 3. The zero-order valence-corrected chi connectivity index (χ0v) is 29.7. The summed E-state index contributed by atoms with van der Waals surface area (Å²) in [5.74, 6) is 0.196. The molecule has 0 spiro atoms. The maximum atomic E-state index is 14.5. The van der Waals surface area contributed by atoms with Gasteiger partial charge < -0.3 is 24.6 Å². The van der Waals surface area contributed by atoms with Crippen molar-refractivity contribution in [2.24, 2.45) is 4.99 Å². The smallest absolute Gasteiger partial charge is 0.306 e. The Hall–Kier alpha value is -4.47. The SMILES string of the molecule is CC(C)(C)OC(=O)CC[C@@]1(C(=O)NCCc2ccc(Br)cc2)N=C(c2ccc(OCCCO)cc2)O[C@@H]1c1ccc(-c2ccccc2)cc1. The lowest BCUT2D eigenvalue weighted by molar-refractivity contribution is -0.155. The number of hydrogen-bond acceptors (Lipinski definition) is 7. The van der Waals surface area contributed by atoms with Crippen molar-refractivity contribution in [3.05, 3.63) is 124 Å². The number of aliphatic hydroxyl groups is 1. The van der Waals surface area contributed by atoms with Crippen molar-refractivity contribution >= 4 is 33.7 Å². The van der Waals surface area contributed by atoms with Crippen LogP contribution in [-0.4, -0.2) is 53.8 Å². The Balaban J connectivity index is 1.49. The summed E-state index contributed by atoms with van der Waals surface area (Å²) in [5, 5.41) is 12.2. The molecule has 1 heterocycles. The number of aliphatic hydroxyl groups excluding tert-OH is 1. The monoisotopic (exact) mass is 726 g/mol. The lowest BCUT2D eigenvalue weighted by atomic mass is 9.83. The number of rotatable bonds is 14. The van der Waals surface area contributed by atoms with Crippen molar-refractivity contribution in [3.8, 4) is 16.9 Å². The van der Waals surface area contributed by atoms with Crippen LogP contribution in [0.1, 0.15) is 62.8 Å². The number of benzene rings is 4. The van der Waals surface area contributed by atoms with Crippen LogP contribution in [0.2, 0.25) is 0 Å². The first kappa shape index (κ1) is 35.8. The van der Waals surface area contributed by atoms with E-state index in [-0.39, 0.29) is 25.4 Å². The summed E-state index contributed by atoms with van der Waals surface area (Å²) in [6, 6.07) is 33.2. The molecule has 49 heavy (non-hydrogen) atoms. The summed E-state index contributed by atoms with van der Waals surface area (Å²) < 4.78 is 19.0. The summed E-state index contributed by atoms with van der Waals surface area (Å²) in [5.41, 5.74) is 2.46. The highest BCUT2D eigenvalue weighted by atomic mass is 79.9. The molecular formula is C40H43BrN2O6. The van der Waals surface area contributed by atoms with E-state index in [4.69, 9.17) is 24.3 Å². The van der Waals surface area contributed by atoms with E-state index in [1.807, 2.05) is 112 Å². The number of halogens is 1. The largest absolute Gasteiger partial charge is 0.494 e. The number of carbonyl (C=O) groups excluding carboxylic acids is 2. The predicted octanol–water partition coefficient (Wildman–Crippen LogP) is 7.62. The van der Waals surface area contributed by atoms with Crippen LogP contribution in [0.25, 0.3) is 11.1 Å². The third-order valence-electron chi connectivity index (χ3n) is 8.09. The molecule has 0 saturated heterocycles. The lowest BCUT2D eigenvalue weighted by Gasteiger charge is -2.31. The summed E-state index contributed by atoms with van der Waals surface area (Å²) in [4.78, 5) is 32.6. The highest BCUT2D eigenvalue weighted by Crippen LogP contribution is 2.44. The maximum Gasteiger partial charge on any atom is 0.306 e. The van der Waals surface area contributed by atoms with Crippen LogP contribution in [-0.2, 0) is 25.5 Å². The molecule has 1 aliphatic heterocycles. The average molecular weight is 728 g/mol. The molecule has 8 nitrogen and oxygen atoms in total. The molecule has 256 valence electrons. The molecule has 0 unspecified atom stereocenters. The molecule has 0 fully saturated rings. The van der Waals surface area contributed by atoms with Crippen molar-refractivity contribution in [3.63, 3.8) is 0 Å². The van der Waals surface area contributed by atoms with E-state index in [0.717, 1.165) is 26.7 Å². The number of amides is 1. The normalized spacial score (nSPS) is 17.2. The van der Waals surface area contributed by atoms with Crippen LogP contribution in [0, 0.1) is 0 Å². The fourth-order valence-corrected chi connectivity index (χ4v) is 5.93. The topological polar surface area (TPSA) is 106 Å². The van der Waals surface area contributed by atoms with Gasteiger partial charge in [-0.3, -0.25) is 9.59 Å². The molecule has 0 radical (unpaired) electrons. The van der Waals surface area contributed by atoms with E-state index >= 15 is 0 Å². The molecule has 5 rings (SSSR count). The molecule has 1 amide bonds. The third-order valence-corrected chi connectivity index (χ3v) is 8.62. The van der Waals surface area contributed by atoms with Gasteiger partial charge in [-0.1, -0.05) is 82.7 Å². The molecule has 2 N–H and O–H groups in total. The van der Waals surface area contributed by atoms with Gasteiger partial charge in [-0.15, -0.1) is 0 Å². The van der Waals surface area contributed by atoms with E-state index in [2.05, 4.69) is 21.2 Å². The van der Waals surface area contributed by atoms with Crippen LogP contribution in [0.15, 0.2) is 113 Å². The summed E-state index contributed by atoms with van der Waals surface area (Å²) in [6.07, 6.45) is 0.367. The minimum absolute atomic E-state index is 0.0340. The van der Waals surface area contributed by atoms with E-state index in [1.165, 1.54) is 0 Å². The molecule has 1 aliphatic rings. The van der Waals surface area contributed by atoms with Crippen molar-refractivity contribution in [2.75, 3.05) is 19.8 Å². The number of carbonyl (C=O) groups is 2. The predicted molar refractivity (Wildman–Crippen MR) is 195 cm³/mol. The summed E-state index contributed by atoms with van der Waals surface area (Å²) in [7, 11) is 0. The van der Waals surface area contributed by atoms with Gasteiger partial charge >= 0.3 is 5.97 Å². The number of aliphatic imine (C=N–C) groups is 1. The Labute approximate surface area is 296 Å². The minimum Gasteiger partial charge on any atom is -0.494 e. The molecular weight excluding hydrogens is 684 g/mol. The fraction of sp³-hybridized carbons (Fsp3) is 0.325. The van der Waals surface area contributed by atoms with Crippen molar-refractivity contribution in [2.45, 2.75) is 63.7 Å². The highest BCUT2D eigenvalue weighted by molar-refractivity contribution is 9.10. The minimum atomic E-state index is -1.46. The molecule has 2 atom stereocenters. The Kier molecular flexibility index (Phi) is 11.9. The number of hydrogen-bond donors (Lipinski definition) is 2. The number of nitrogens with one attached hydrogen (secondary N) is 1. The van der Waals surface area contributed by atoms with Crippen LogP contribution in [0.4, 0.5) is 0 Å². The second-order valence-corrected chi connectivity index (χ2v) is 13.9. The van der Waals surface area contributed by atoms with Crippen LogP contribution >= 0.6 is 15.9 Å². The molecule has 0 saturated carbocycles. The molecule has 4 aromatic rings. The fourth-order valence-electron chi connectivity index (χ4n) is 5.66. The molecule has 9 heteroatoms. The standard InChI is InChI=1S/C40H43BrN2O6/c1-39(2,3)49-35(45)22-24-40(38(46)42-25-23-28-10-18-33(41)19-11-28)36(31-14-12-30(13-15-31)29-8-5-4-6-9-29)48-37(43-40)32-16-20-34(21-17-32)47-27-7-26-44/h4-6,8-21,36,44H,7,22-27H2,1-3H3,(H,42,46)/t36-,40-/m1/s1. The first-order valence-electron chi connectivity index (χ1n) is 16.6. The van der Waals surface area contributed by atoms with E-state index in [0.29, 0.717) is 43.2 Å². The molecule has 0 aliphatic carbocycles. The number of nitrogens with zero attached hydrogens (tertiary/aromatic N) is 1. The van der Waals surface area contributed by atoms with E-state index < -0.39 is 23.2 Å². The Morgan fingerprint density at radius 3 is 2.20 bits per heavy atom. The first-order chi connectivity index (χ1) is 23.6. The van der Waals surface area contributed by atoms with E-state index in [1.54, 1.807) is 12.1 Å². The Morgan fingerprint density at radius 1 is 0.898 bits per heavy atom. The van der Waals surface area contributed by atoms with Gasteiger partial charge in [-0.05, 0) is 92.3 Å². The van der Waals surface area contributed by atoms with Gasteiger partial charge in [0.05, 0.1) is 6.61 Å². The van der Waals surface area contributed by atoms with Crippen LogP contribution in [0.5, 0.6) is 5.75 Å². The molecule has 4 aromatic carbocycles. The van der Waals surface area contributed by atoms with Gasteiger partial charge in [-0.25, -0.2) is 4.99 Å². The van der Waals surface area contributed by atoms with Gasteiger partial charge in [-0.2, -0.15) is 0 Å². The zero-order chi connectivity index (χ0) is 34.9. The maximum absolute atomic E-state index is 14.5. The molecule has 0 aromatic heterocycles. The lowest BCUT2D eigenvalue weighted by Crippen LogP contribution is -2.49. The second kappa shape index (κ2) is 16.3. The average Bonchev–Trinajstić information content (AvgIpc) is 3.49. The van der Waals surface area contributed by atoms with Gasteiger partial charge in [0.2, 0.25) is 5.90 Å². The van der Waals surface area contributed by atoms with Crippen molar-refractivity contribution < 1.29 is 28.9 Å². The Morgan fingerprint density at radius 2 is 1.55 bits per heavy atom. The highest BCUT2D eigenvalue weighted by Gasteiger charge is 2.53. The van der Waals surface area contributed by atoms with Gasteiger partial charge in [0, 0.05) is 36.0 Å². The quantitative estimate of drug-likeness (QED) is 0.102. The van der Waals surface area contributed by atoms with Crippen LogP contribution in [0.3, 0.4) is 0 Å². The Bertz CT molecular complexity index is 1720. The van der Waals surface area contributed by atoms with Gasteiger partial charge in [0.1, 0.15) is 11.4 Å².